The number of amides is 1. The Labute approximate surface area is 103 Å². The standard InChI is InChI=1S/C13H23N3O/c1-2-4-12-14-9-13(17)16(12)11-6-8-15-7-3-5-10(11)15/h10-12,14H,2-9H2,1H3. The zero-order valence-electron chi connectivity index (χ0n) is 10.7. The molecule has 3 fully saturated rings. The zero-order valence-corrected chi connectivity index (χ0v) is 10.7. The smallest absolute Gasteiger partial charge is 0.238 e. The fraction of sp³-hybridized carbons (Fsp3) is 0.923. The number of rotatable bonds is 3. The van der Waals surface area contributed by atoms with Crippen molar-refractivity contribution in [3.8, 4) is 0 Å². The highest BCUT2D eigenvalue weighted by atomic mass is 16.2. The van der Waals surface area contributed by atoms with Crippen LogP contribution in [0.5, 0.6) is 0 Å². The monoisotopic (exact) mass is 237 g/mol. The van der Waals surface area contributed by atoms with Gasteiger partial charge in [0.2, 0.25) is 5.91 Å². The van der Waals surface area contributed by atoms with Crippen LogP contribution in [0.15, 0.2) is 0 Å². The topological polar surface area (TPSA) is 35.6 Å². The number of nitrogens with zero attached hydrogens (tertiary/aromatic N) is 2. The lowest BCUT2D eigenvalue weighted by molar-refractivity contribution is -0.130. The summed E-state index contributed by atoms with van der Waals surface area (Å²) in [6, 6.07) is 1.13. The molecular weight excluding hydrogens is 214 g/mol. The van der Waals surface area contributed by atoms with Crippen LogP contribution in [0.1, 0.15) is 39.0 Å². The molecule has 3 saturated heterocycles. The van der Waals surface area contributed by atoms with Gasteiger partial charge in [-0.2, -0.15) is 0 Å². The third-order valence-corrected chi connectivity index (χ3v) is 4.60. The summed E-state index contributed by atoms with van der Waals surface area (Å²) in [4.78, 5) is 16.8. The van der Waals surface area contributed by atoms with Gasteiger partial charge < -0.3 is 4.90 Å². The molecule has 3 aliphatic rings. The Morgan fingerprint density at radius 1 is 1.29 bits per heavy atom. The number of nitrogens with one attached hydrogen (secondary N) is 1. The molecule has 3 heterocycles. The molecule has 0 aromatic rings. The van der Waals surface area contributed by atoms with Gasteiger partial charge in [-0.25, -0.2) is 0 Å². The van der Waals surface area contributed by atoms with Gasteiger partial charge in [0.15, 0.2) is 0 Å². The second-order valence-corrected chi connectivity index (χ2v) is 5.59. The van der Waals surface area contributed by atoms with E-state index in [-0.39, 0.29) is 0 Å². The van der Waals surface area contributed by atoms with Crippen molar-refractivity contribution in [3.63, 3.8) is 0 Å². The number of carbonyl (C=O) groups is 1. The fourth-order valence-electron chi connectivity index (χ4n) is 3.88. The molecule has 17 heavy (non-hydrogen) atoms. The van der Waals surface area contributed by atoms with E-state index >= 15 is 0 Å². The summed E-state index contributed by atoms with van der Waals surface area (Å²) < 4.78 is 0. The fourth-order valence-corrected chi connectivity index (χ4v) is 3.88. The van der Waals surface area contributed by atoms with E-state index in [1.54, 1.807) is 0 Å². The molecule has 3 aliphatic heterocycles. The third kappa shape index (κ3) is 1.87. The van der Waals surface area contributed by atoms with E-state index in [1.165, 1.54) is 32.4 Å². The first-order valence-corrected chi connectivity index (χ1v) is 7.10. The molecule has 4 nitrogen and oxygen atoms in total. The van der Waals surface area contributed by atoms with Crippen LogP contribution in [-0.4, -0.2) is 53.6 Å². The molecule has 96 valence electrons. The highest BCUT2D eigenvalue weighted by Crippen LogP contribution is 2.33. The molecule has 0 radical (unpaired) electrons. The molecule has 0 aromatic heterocycles. The first-order valence-electron chi connectivity index (χ1n) is 7.10. The highest BCUT2D eigenvalue weighted by molar-refractivity contribution is 5.81. The SMILES string of the molecule is CCCC1NCC(=O)N1C1CCN2CCCC12. The molecule has 0 aliphatic carbocycles. The maximum atomic E-state index is 12.1. The lowest BCUT2D eigenvalue weighted by atomic mass is 10.0. The van der Waals surface area contributed by atoms with E-state index in [1.807, 2.05) is 0 Å². The molecule has 0 bridgehead atoms. The van der Waals surface area contributed by atoms with Crippen molar-refractivity contribution in [1.29, 1.82) is 0 Å². The minimum Gasteiger partial charge on any atom is -0.321 e. The lowest BCUT2D eigenvalue weighted by Crippen LogP contribution is -2.49. The summed E-state index contributed by atoms with van der Waals surface area (Å²) in [5.41, 5.74) is 0. The molecule has 3 atom stereocenters. The van der Waals surface area contributed by atoms with Gasteiger partial charge in [0, 0.05) is 12.6 Å². The van der Waals surface area contributed by atoms with E-state index in [0.29, 0.717) is 30.7 Å². The minimum absolute atomic E-state index is 0.304. The van der Waals surface area contributed by atoms with Gasteiger partial charge in [-0.15, -0.1) is 0 Å². The van der Waals surface area contributed by atoms with Crippen molar-refractivity contribution >= 4 is 5.91 Å². The van der Waals surface area contributed by atoms with Gasteiger partial charge in [0.1, 0.15) is 0 Å². The van der Waals surface area contributed by atoms with E-state index < -0.39 is 0 Å². The van der Waals surface area contributed by atoms with Crippen molar-refractivity contribution in [2.45, 2.75) is 57.3 Å². The van der Waals surface area contributed by atoms with Crippen molar-refractivity contribution in [2.75, 3.05) is 19.6 Å². The van der Waals surface area contributed by atoms with Crippen LogP contribution in [0.3, 0.4) is 0 Å². The van der Waals surface area contributed by atoms with E-state index in [0.717, 1.165) is 12.8 Å². The lowest BCUT2D eigenvalue weighted by Gasteiger charge is -2.33. The summed E-state index contributed by atoms with van der Waals surface area (Å²) in [5, 5.41) is 3.37. The second kappa shape index (κ2) is 4.58. The molecule has 1 N–H and O–H groups in total. The number of fused-ring (bicyclic) bond motifs is 1. The van der Waals surface area contributed by atoms with Crippen molar-refractivity contribution in [3.05, 3.63) is 0 Å². The van der Waals surface area contributed by atoms with Crippen LogP contribution in [0.4, 0.5) is 0 Å². The summed E-state index contributed by atoms with van der Waals surface area (Å²) in [6.07, 6.45) is 6.32. The van der Waals surface area contributed by atoms with Crippen LogP contribution in [-0.2, 0) is 4.79 Å². The predicted molar refractivity (Wildman–Crippen MR) is 66.5 cm³/mol. The highest BCUT2D eigenvalue weighted by Gasteiger charge is 2.45. The normalized spacial score (nSPS) is 38.1. The van der Waals surface area contributed by atoms with Crippen LogP contribution >= 0.6 is 0 Å². The summed E-state index contributed by atoms with van der Waals surface area (Å²) in [5.74, 6) is 0.321. The Kier molecular flexibility index (Phi) is 3.09. The quantitative estimate of drug-likeness (QED) is 0.788. The largest absolute Gasteiger partial charge is 0.321 e. The van der Waals surface area contributed by atoms with Crippen LogP contribution in [0.2, 0.25) is 0 Å². The van der Waals surface area contributed by atoms with Crippen LogP contribution < -0.4 is 5.32 Å². The van der Waals surface area contributed by atoms with E-state index in [4.69, 9.17) is 0 Å². The summed E-state index contributed by atoms with van der Waals surface area (Å²) >= 11 is 0. The molecule has 3 rings (SSSR count). The van der Waals surface area contributed by atoms with Gasteiger partial charge in [-0.05, 0) is 32.2 Å². The van der Waals surface area contributed by atoms with Crippen LogP contribution in [0.25, 0.3) is 0 Å². The van der Waals surface area contributed by atoms with Crippen LogP contribution in [0, 0.1) is 0 Å². The zero-order chi connectivity index (χ0) is 11.8. The van der Waals surface area contributed by atoms with Crippen molar-refractivity contribution < 1.29 is 4.79 Å². The molecule has 3 unspecified atom stereocenters. The van der Waals surface area contributed by atoms with Gasteiger partial charge in [-0.3, -0.25) is 15.0 Å². The molecule has 0 spiro atoms. The van der Waals surface area contributed by atoms with Crippen molar-refractivity contribution in [2.24, 2.45) is 0 Å². The Morgan fingerprint density at radius 3 is 3.00 bits per heavy atom. The average molecular weight is 237 g/mol. The minimum atomic E-state index is 0.304. The molecular formula is C13H23N3O. The Hall–Kier alpha value is -0.610. The van der Waals surface area contributed by atoms with E-state index in [9.17, 15) is 4.79 Å². The maximum Gasteiger partial charge on any atom is 0.238 e. The number of hydrogen-bond acceptors (Lipinski definition) is 3. The number of hydrogen-bond donors (Lipinski definition) is 1. The first kappa shape index (κ1) is 11.5. The molecule has 1 amide bonds. The van der Waals surface area contributed by atoms with Gasteiger partial charge >= 0.3 is 0 Å². The molecule has 4 heteroatoms. The Bertz CT molecular complexity index is 307. The van der Waals surface area contributed by atoms with E-state index in [2.05, 4.69) is 22.0 Å². The average Bonchev–Trinajstić information content (AvgIpc) is 2.96. The summed E-state index contributed by atoms with van der Waals surface area (Å²) in [6.45, 7) is 5.18. The van der Waals surface area contributed by atoms with Crippen molar-refractivity contribution in [1.82, 2.24) is 15.1 Å². The summed E-state index contributed by atoms with van der Waals surface area (Å²) in [7, 11) is 0. The predicted octanol–water partition coefficient (Wildman–Crippen LogP) is 0.781. The first-order chi connectivity index (χ1) is 8.31. The Balaban J connectivity index is 1.75. The maximum absolute atomic E-state index is 12.1. The Morgan fingerprint density at radius 2 is 2.18 bits per heavy atom. The number of carbonyl (C=O) groups excluding carboxylic acids is 1. The molecule has 0 aromatic carbocycles. The van der Waals surface area contributed by atoms with Gasteiger partial charge in [0.05, 0.1) is 18.8 Å². The molecule has 0 saturated carbocycles. The van der Waals surface area contributed by atoms with Gasteiger partial charge in [-0.1, -0.05) is 13.3 Å². The third-order valence-electron chi connectivity index (χ3n) is 4.60. The van der Waals surface area contributed by atoms with Gasteiger partial charge in [0.25, 0.3) is 0 Å². The second-order valence-electron chi connectivity index (χ2n) is 5.59.